The Hall–Kier alpha value is -4.11. The number of anilines is 1. The lowest BCUT2D eigenvalue weighted by atomic mass is 9.96. The standard InChI is InChI=1S/C33H35N3O2/c1-23-15-30(36-19-29-13-8-14-31(25(29)3)28-11-5-4-6-12-28)17-33(32(23)20-35-24(2)21-37)38-22-27-10-7-9-26(16-27)18-34/h4-17,24,35-37H,19-22H2,1-3H3. The van der Waals surface area contributed by atoms with Gasteiger partial charge >= 0.3 is 0 Å². The minimum atomic E-state index is -0.0211. The molecule has 1 unspecified atom stereocenters. The van der Waals surface area contributed by atoms with Crippen molar-refractivity contribution in [1.82, 2.24) is 5.32 Å². The number of rotatable bonds is 11. The lowest BCUT2D eigenvalue weighted by Crippen LogP contribution is -2.29. The smallest absolute Gasteiger partial charge is 0.126 e. The van der Waals surface area contributed by atoms with Crippen molar-refractivity contribution >= 4 is 5.69 Å². The second kappa shape index (κ2) is 12.9. The van der Waals surface area contributed by atoms with E-state index < -0.39 is 0 Å². The van der Waals surface area contributed by atoms with Gasteiger partial charge in [0.15, 0.2) is 0 Å². The molecule has 4 aromatic carbocycles. The number of aryl methyl sites for hydroxylation is 1. The minimum absolute atomic E-state index is 0.0211. The van der Waals surface area contributed by atoms with E-state index in [1.807, 2.05) is 37.3 Å². The molecule has 0 saturated heterocycles. The van der Waals surface area contributed by atoms with Gasteiger partial charge in [-0.1, -0.05) is 60.7 Å². The molecule has 0 spiro atoms. The summed E-state index contributed by atoms with van der Waals surface area (Å²) in [6.07, 6.45) is 0. The van der Waals surface area contributed by atoms with Crippen LogP contribution in [0.1, 0.15) is 40.3 Å². The molecule has 0 fully saturated rings. The molecule has 194 valence electrons. The Labute approximate surface area is 225 Å². The zero-order chi connectivity index (χ0) is 26.9. The second-order valence-corrected chi connectivity index (χ2v) is 9.64. The Morgan fingerprint density at radius 2 is 1.71 bits per heavy atom. The van der Waals surface area contributed by atoms with Gasteiger partial charge in [-0.15, -0.1) is 0 Å². The summed E-state index contributed by atoms with van der Waals surface area (Å²) in [5.74, 6) is 0.780. The average molecular weight is 506 g/mol. The monoisotopic (exact) mass is 505 g/mol. The molecule has 0 aliphatic heterocycles. The normalized spacial score (nSPS) is 11.6. The first-order chi connectivity index (χ1) is 18.5. The molecule has 0 radical (unpaired) electrons. The zero-order valence-corrected chi connectivity index (χ0v) is 22.3. The van der Waals surface area contributed by atoms with Crippen molar-refractivity contribution in [2.75, 3.05) is 11.9 Å². The maximum Gasteiger partial charge on any atom is 0.126 e. The molecule has 4 rings (SSSR count). The number of aliphatic hydroxyl groups excluding tert-OH is 1. The third kappa shape index (κ3) is 6.80. The van der Waals surface area contributed by atoms with Crippen molar-refractivity contribution in [3.63, 3.8) is 0 Å². The number of nitriles is 1. The van der Waals surface area contributed by atoms with Gasteiger partial charge in [-0.25, -0.2) is 0 Å². The number of hydrogen-bond donors (Lipinski definition) is 3. The first-order valence-corrected chi connectivity index (χ1v) is 13.0. The lowest BCUT2D eigenvalue weighted by molar-refractivity contribution is 0.249. The summed E-state index contributed by atoms with van der Waals surface area (Å²) in [7, 11) is 0. The topological polar surface area (TPSA) is 77.3 Å². The van der Waals surface area contributed by atoms with Crippen LogP contribution in [0, 0.1) is 25.2 Å². The van der Waals surface area contributed by atoms with E-state index in [-0.39, 0.29) is 12.6 Å². The van der Waals surface area contributed by atoms with Crippen LogP contribution in [0.25, 0.3) is 11.1 Å². The highest BCUT2D eigenvalue weighted by molar-refractivity contribution is 5.68. The Balaban J connectivity index is 1.56. The highest BCUT2D eigenvalue weighted by atomic mass is 16.5. The predicted octanol–water partition coefficient (Wildman–Crippen LogP) is 6.50. The van der Waals surface area contributed by atoms with Crippen LogP contribution in [-0.2, 0) is 19.7 Å². The van der Waals surface area contributed by atoms with Crippen LogP contribution < -0.4 is 15.4 Å². The summed E-state index contributed by atoms with van der Waals surface area (Å²) in [6.45, 7) is 7.90. The Morgan fingerprint density at radius 1 is 0.921 bits per heavy atom. The highest BCUT2D eigenvalue weighted by Gasteiger charge is 2.13. The zero-order valence-electron chi connectivity index (χ0n) is 22.3. The van der Waals surface area contributed by atoms with Gasteiger partial charge in [-0.3, -0.25) is 0 Å². The molecule has 0 amide bonds. The number of benzene rings is 4. The molecular formula is C33H35N3O2. The molecule has 5 nitrogen and oxygen atoms in total. The molecule has 1 atom stereocenters. The van der Waals surface area contributed by atoms with Gasteiger partial charge in [-0.2, -0.15) is 5.26 Å². The second-order valence-electron chi connectivity index (χ2n) is 9.64. The largest absolute Gasteiger partial charge is 0.488 e. The van der Waals surface area contributed by atoms with Gasteiger partial charge in [0.2, 0.25) is 0 Å². The van der Waals surface area contributed by atoms with Crippen molar-refractivity contribution in [1.29, 1.82) is 5.26 Å². The van der Waals surface area contributed by atoms with Crippen molar-refractivity contribution in [2.24, 2.45) is 0 Å². The molecule has 0 aliphatic carbocycles. The number of hydrogen-bond acceptors (Lipinski definition) is 5. The van der Waals surface area contributed by atoms with Crippen LogP contribution in [0.4, 0.5) is 5.69 Å². The first kappa shape index (κ1) is 26.9. The van der Waals surface area contributed by atoms with Gasteiger partial charge < -0.3 is 20.5 Å². The van der Waals surface area contributed by atoms with E-state index in [0.717, 1.165) is 28.1 Å². The van der Waals surface area contributed by atoms with Crippen molar-refractivity contribution in [3.8, 4) is 22.9 Å². The molecule has 0 aromatic heterocycles. The molecule has 0 saturated carbocycles. The maximum atomic E-state index is 9.46. The highest BCUT2D eigenvalue weighted by Crippen LogP contribution is 2.30. The van der Waals surface area contributed by atoms with Gasteiger partial charge in [0, 0.05) is 36.4 Å². The fraction of sp³-hybridized carbons (Fsp3) is 0.242. The SMILES string of the molecule is Cc1cc(NCc2cccc(-c3ccccc3)c2C)cc(OCc2cccc(C#N)c2)c1CNC(C)CO. The number of ether oxygens (including phenoxy) is 1. The van der Waals surface area contributed by atoms with Crippen LogP contribution in [0.2, 0.25) is 0 Å². The van der Waals surface area contributed by atoms with Gasteiger partial charge in [0.05, 0.1) is 18.2 Å². The van der Waals surface area contributed by atoms with Gasteiger partial charge in [0.1, 0.15) is 12.4 Å². The Kier molecular flexibility index (Phi) is 9.16. The van der Waals surface area contributed by atoms with E-state index >= 15 is 0 Å². The number of nitrogens with one attached hydrogen (secondary N) is 2. The van der Waals surface area contributed by atoms with E-state index in [1.165, 1.54) is 22.3 Å². The quantitative estimate of drug-likeness (QED) is 0.217. The van der Waals surface area contributed by atoms with E-state index in [2.05, 4.69) is 79.1 Å². The summed E-state index contributed by atoms with van der Waals surface area (Å²) in [5.41, 5.74) is 9.64. The van der Waals surface area contributed by atoms with Crippen LogP contribution >= 0.6 is 0 Å². The summed E-state index contributed by atoms with van der Waals surface area (Å²) in [5, 5.41) is 25.7. The molecule has 5 heteroatoms. The van der Waals surface area contributed by atoms with Crippen molar-refractivity contribution in [3.05, 3.63) is 118 Å². The van der Waals surface area contributed by atoms with Crippen molar-refractivity contribution in [2.45, 2.75) is 46.5 Å². The van der Waals surface area contributed by atoms with Crippen molar-refractivity contribution < 1.29 is 9.84 Å². The van der Waals surface area contributed by atoms with Crippen LogP contribution in [0.3, 0.4) is 0 Å². The van der Waals surface area contributed by atoms with Gasteiger partial charge in [-0.05, 0) is 72.4 Å². The van der Waals surface area contributed by atoms with E-state index in [1.54, 1.807) is 6.07 Å². The molecule has 3 N–H and O–H groups in total. The summed E-state index contributed by atoms with van der Waals surface area (Å²) in [4.78, 5) is 0. The minimum Gasteiger partial charge on any atom is -0.488 e. The fourth-order valence-corrected chi connectivity index (χ4v) is 4.48. The third-order valence-electron chi connectivity index (χ3n) is 6.80. The third-order valence-corrected chi connectivity index (χ3v) is 6.80. The van der Waals surface area contributed by atoms with E-state index in [0.29, 0.717) is 25.3 Å². The van der Waals surface area contributed by atoms with Crippen LogP contribution in [0.15, 0.2) is 84.9 Å². The molecule has 0 bridgehead atoms. The maximum absolute atomic E-state index is 9.46. The number of aliphatic hydroxyl groups is 1. The number of nitrogens with zero attached hydrogens (tertiary/aromatic N) is 1. The van der Waals surface area contributed by atoms with E-state index in [4.69, 9.17) is 4.74 Å². The molecule has 0 aliphatic rings. The first-order valence-electron chi connectivity index (χ1n) is 13.0. The molecular weight excluding hydrogens is 470 g/mol. The molecule has 4 aromatic rings. The molecule has 38 heavy (non-hydrogen) atoms. The summed E-state index contributed by atoms with van der Waals surface area (Å²) in [6, 6.07) is 30.7. The molecule has 0 heterocycles. The van der Waals surface area contributed by atoms with Gasteiger partial charge in [0.25, 0.3) is 0 Å². The fourth-order valence-electron chi connectivity index (χ4n) is 4.48. The van der Waals surface area contributed by atoms with Crippen LogP contribution in [-0.4, -0.2) is 17.8 Å². The summed E-state index contributed by atoms with van der Waals surface area (Å²) < 4.78 is 6.31. The Bertz CT molecular complexity index is 1410. The van der Waals surface area contributed by atoms with Crippen LogP contribution in [0.5, 0.6) is 5.75 Å². The lowest BCUT2D eigenvalue weighted by Gasteiger charge is -2.19. The summed E-state index contributed by atoms with van der Waals surface area (Å²) >= 11 is 0. The van der Waals surface area contributed by atoms with E-state index in [9.17, 15) is 10.4 Å². The predicted molar refractivity (Wildman–Crippen MR) is 154 cm³/mol. The average Bonchev–Trinajstić information content (AvgIpc) is 2.95. The Morgan fingerprint density at radius 3 is 2.47 bits per heavy atom.